The largest absolute Gasteiger partial charge is 0.206 e. The fourth-order valence-electron chi connectivity index (χ4n) is 1.39. The van der Waals surface area contributed by atoms with Gasteiger partial charge in [-0.1, -0.05) is 30.0 Å². The maximum atomic E-state index is 13.5. The van der Waals surface area contributed by atoms with E-state index in [-0.39, 0.29) is 4.90 Å². The summed E-state index contributed by atoms with van der Waals surface area (Å²) in [5.74, 6) is -1.02. The molecule has 0 bridgehead atoms. The highest BCUT2D eigenvalue weighted by Gasteiger charge is 2.11. The van der Waals surface area contributed by atoms with E-state index in [1.165, 1.54) is 12.1 Å². The molecule has 0 aliphatic rings. The zero-order chi connectivity index (χ0) is 11.5. The average Bonchev–Trinajstić information content (AvgIpc) is 2.25. The van der Waals surface area contributed by atoms with E-state index in [1.807, 2.05) is 30.3 Å². The van der Waals surface area contributed by atoms with Crippen LogP contribution in [0.5, 0.6) is 0 Å². The summed E-state index contributed by atoms with van der Waals surface area (Å²) in [6.45, 7) is 1.67. The predicted octanol–water partition coefficient (Wildman–Crippen LogP) is 4.42. The maximum absolute atomic E-state index is 13.5. The Morgan fingerprint density at radius 1 is 0.938 bits per heavy atom. The third kappa shape index (κ3) is 2.42. The third-order valence-corrected chi connectivity index (χ3v) is 3.21. The molecule has 0 radical (unpaired) electrons. The van der Waals surface area contributed by atoms with Gasteiger partial charge in [-0.15, -0.1) is 0 Å². The van der Waals surface area contributed by atoms with Crippen LogP contribution in [0, 0.1) is 18.6 Å². The van der Waals surface area contributed by atoms with E-state index in [0.717, 1.165) is 16.7 Å². The molecule has 0 amide bonds. The Labute approximate surface area is 97.3 Å². The van der Waals surface area contributed by atoms with Crippen molar-refractivity contribution in [1.82, 2.24) is 0 Å². The first-order valence-electron chi connectivity index (χ1n) is 4.85. The zero-order valence-corrected chi connectivity index (χ0v) is 9.52. The highest BCUT2D eigenvalue weighted by atomic mass is 32.2. The summed E-state index contributed by atoms with van der Waals surface area (Å²) in [6.07, 6.45) is 0. The van der Waals surface area contributed by atoms with Crippen molar-refractivity contribution in [2.45, 2.75) is 16.7 Å². The maximum Gasteiger partial charge on any atom is 0.140 e. The molecule has 82 valence electrons. The van der Waals surface area contributed by atoms with Gasteiger partial charge in [0.25, 0.3) is 0 Å². The highest BCUT2D eigenvalue weighted by molar-refractivity contribution is 7.99. The minimum absolute atomic E-state index is 0.0526. The van der Waals surface area contributed by atoms with Crippen molar-refractivity contribution in [2.24, 2.45) is 0 Å². The molecule has 0 fully saturated rings. The Kier molecular flexibility index (Phi) is 3.25. The third-order valence-electron chi connectivity index (χ3n) is 2.11. The molecule has 0 spiro atoms. The summed E-state index contributed by atoms with van der Waals surface area (Å²) >= 11 is 1.10. The van der Waals surface area contributed by atoms with E-state index in [4.69, 9.17) is 0 Å². The zero-order valence-electron chi connectivity index (χ0n) is 8.71. The first kappa shape index (κ1) is 11.1. The second-order valence-corrected chi connectivity index (χ2v) is 4.56. The van der Waals surface area contributed by atoms with Crippen LogP contribution < -0.4 is 0 Å². The molecule has 0 atom stereocenters. The number of hydrogen-bond acceptors (Lipinski definition) is 1. The molecule has 16 heavy (non-hydrogen) atoms. The smallest absolute Gasteiger partial charge is 0.140 e. The van der Waals surface area contributed by atoms with Crippen molar-refractivity contribution in [3.63, 3.8) is 0 Å². The number of aryl methyl sites for hydroxylation is 1. The molecule has 0 unspecified atom stereocenters. The Hall–Kier alpha value is -1.35. The lowest BCUT2D eigenvalue weighted by Crippen LogP contribution is -1.89. The van der Waals surface area contributed by atoms with E-state index in [1.54, 1.807) is 6.92 Å². The van der Waals surface area contributed by atoms with Crippen LogP contribution in [-0.4, -0.2) is 0 Å². The second-order valence-electron chi connectivity index (χ2n) is 3.47. The SMILES string of the molecule is Cc1cc(F)c(Sc2ccccc2)c(F)c1. The van der Waals surface area contributed by atoms with Gasteiger partial charge in [-0.3, -0.25) is 0 Å². The number of rotatable bonds is 2. The first-order chi connectivity index (χ1) is 7.66. The van der Waals surface area contributed by atoms with Gasteiger partial charge in [0, 0.05) is 4.90 Å². The van der Waals surface area contributed by atoms with Gasteiger partial charge < -0.3 is 0 Å². The lowest BCUT2D eigenvalue weighted by molar-refractivity contribution is 0.539. The summed E-state index contributed by atoms with van der Waals surface area (Å²) in [7, 11) is 0. The molecular weight excluding hydrogens is 226 g/mol. The Morgan fingerprint density at radius 2 is 1.50 bits per heavy atom. The minimum atomic E-state index is -0.508. The molecule has 2 aromatic carbocycles. The summed E-state index contributed by atoms with van der Waals surface area (Å²) in [5.41, 5.74) is 0.590. The summed E-state index contributed by atoms with van der Waals surface area (Å²) in [5, 5.41) is 0. The lowest BCUT2D eigenvalue weighted by atomic mass is 10.2. The highest BCUT2D eigenvalue weighted by Crippen LogP contribution is 2.32. The molecule has 0 aromatic heterocycles. The Balaban J connectivity index is 2.35. The molecule has 2 aromatic rings. The van der Waals surface area contributed by atoms with Crippen molar-refractivity contribution >= 4 is 11.8 Å². The standard InChI is InChI=1S/C13H10F2S/c1-9-7-11(14)13(12(15)8-9)16-10-5-3-2-4-6-10/h2-8H,1H3. The van der Waals surface area contributed by atoms with Crippen molar-refractivity contribution in [3.05, 3.63) is 59.7 Å². The minimum Gasteiger partial charge on any atom is -0.206 e. The summed E-state index contributed by atoms with van der Waals surface area (Å²) in [6, 6.07) is 11.9. The Bertz CT molecular complexity index is 472. The molecule has 0 aliphatic carbocycles. The van der Waals surface area contributed by atoms with Gasteiger partial charge in [0.05, 0.1) is 4.90 Å². The van der Waals surface area contributed by atoms with Crippen LogP contribution in [-0.2, 0) is 0 Å². The van der Waals surface area contributed by atoms with Crippen LogP contribution in [0.1, 0.15) is 5.56 Å². The van der Waals surface area contributed by atoms with E-state index >= 15 is 0 Å². The fourth-order valence-corrected chi connectivity index (χ4v) is 2.23. The Morgan fingerprint density at radius 3 is 2.06 bits per heavy atom. The number of benzene rings is 2. The lowest BCUT2D eigenvalue weighted by Gasteiger charge is -2.05. The quantitative estimate of drug-likeness (QED) is 0.743. The van der Waals surface area contributed by atoms with Crippen molar-refractivity contribution in [1.29, 1.82) is 0 Å². The van der Waals surface area contributed by atoms with Crippen LogP contribution in [0.3, 0.4) is 0 Å². The summed E-state index contributed by atoms with van der Waals surface area (Å²) < 4.78 is 27.1. The first-order valence-corrected chi connectivity index (χ1v) is 5.67. The van der Waals surface area contributed by atoms with E-state index < -0.39 is 11.6 Å². The van der Waals surface area contributed by atoms with E-state index in [0.29, 0.717) is 5.56 Å². The van der Waals surface area contributed by atoms with Gasteiger partial charge in [0.15, 0.2) is 0 Å². The molecule has 0 N–H and O–H groups in total. The van der Waals surface area contributed by atoms with Gasteiger partial charge in [0.1, 0.15) is 11.6 Å². The van der Waals surface area contributed by atoms with E-state index in [2.05, 4.69) is 0 Å². The van der Waals surface area contributed by atoms with Crippen molar-refractivity contribution in [3.8, 4) is 0 Å². The molecule has 0 heterocycles. The average molecular weight is 236 g/mol. The van der Waals surface area contributed by atoms with E-state index in [9.17, 15) is 8.78 Å². The topological polar surface area (TPSA) is 0 Å². The fraction of sp³-hybridized carbons (Fsp3) is 0.0769. The molecular formula is C13H10F2S. The molecule has 0 saturated carbocycles. The molecule has 3 heteroatoms. The van der Waals surface area contributed by atoms with Crippen LogP contribution in [0.15, 0.2) is 52.3 Å². The van der Waals surface area contributed by atoms with Gasteiger partial charge in [-0.2, -0.15) is 0 Å². The van der Waals surface area contributed by atoms with Gasteiger partial charge in [-0.25, -0.2) is 8.78 Å². The van der Waals surface area contributed by atoms with Gasteiger partial charge in [-0.05, 0) is 36.8 Å². The van der Waals surface area contributed by atoms with Crippen LogP contribution in [0.25, 0.3) is 0 Å². The predicted molar refractivity (Wildman–Crippen MR) is 61.7 cm³/mol. The second kappa shape index (κ2) is 4.66. The molecule has 0 saturated heterocycles. The number of hydrogen-bond donors (Lipinski definition) is 0. The normalized spacial score (nSPS) is 10.4. The molecule has 0 aliphatic heterocycles. The van der Waals surface area contributed by atoms with Gasteiger partial charge >= 0.3 is 0 Å². The summed E-state index contributed by atoms with van der Waals surface area (Å²) in [4.78, 5) is 0.876. The van der Waals surface area contributed by atoms with Crippen LogP contribution in [0.4, 0.5) is 8.78 Å². The van der Waals surface area contributed by atoms with Gasteiger partial charge in [0.2, 0.25) is 0 Å². The monoisotopic (exact) mass is 236 g/mol. The number of halogens is 2. The van der Waals surface area contributed by atoms with Crippen LogP contribution >= 0.6 is 11.8 Å². The molecule has 0 nitrogen and oxygen atoms in total. The van der Waals surface area contributed by atoms with Crippen molar-refractivity contribution < 1.29 is 8.78 Å². The molecule has 2 rings (SSSR count). The van der Waals surface area contributed by atoms with Crippen LogP contribution in [0.2, 0.25) is 0 Å². The van der Waals surface area contributed by atoms with Crippen molar-refractivity contribution in [2.75, 3.05) is 0 Å².